The monoisotopic (exact) mass is 290 g/mol. The predicted molar refractivity (Wildman–Crippen MR) is 90.1 cm³/mol. The van der Waals surface area contributed by atoms with Crippen LogP contribution in [0.2, 0.25) is 0 Å². The van der Waals surface area contributed by atoms with Crippen molar-refractivity contribution in [1.82, 2.24) is 9.97 Å². The minimum Gasteiger partial charge on any atom is -0.370 e. The lowest BCUT2D eigenvalue weighted by Gasteiger charge is -2.23. The molecule has 0 aliphatic carbocycles. The summed E-state index contributed by atoms with van der Waals surface area (Å²) in [6, 6.07) is 2.10. The lowest BCUT2D eigenvalue weighted by Crippen LogP contribution is -2.24. The molecular weight excluding hydrogens is 260 g/mol. The zero-order valence-electron chi connectivity index (χ0n) is 14.2. The standard InChI is InChI=1S/C17H30N4/c1-6-8-13-9-10-21(12-13)15-11-14(18-7-2)19-16(20-15)17(3,4)5/h11,13H,6-10,12H2,1-5H3,(H,18,19,20). The molecule has 0 amide bonds. The summed E-state index contributed by atoms with van der Waals surface area (Å²) < 4.78 is 0. The minimum absolute atomic E-state index is 0.0251. The van der Waals surface area contributed by atoms with Crippen molar-refractivity contribution in [2.45, 2.75) is 59.3 Å². The van der Waals surface area contributed by atoms with E-state index in [4.69, 9.17) is 4.98 Å². The van der Waals surface area contributed by atoms with Gasteiger partial charge in [0, 0.05) is 31.1 Å². The second kappa shape index (κ2) is 6.63. The van der Waals surface area contributed by atoms with Gasteiger partial charge in [-0.1, -0.05) is 34.1 Å². The maximum absolute atomic E-state index is 4.84. The Morgan fingerprint density at radius 2 is 2.05 bits per heavy atom. The second-order valence-corrected chi connectivity index (χ2v) is 7.10. The van der Waals surface area contributed by atoms with Crippen molar-refractivity contribution in [3.8, 4) is 0 Å². The van der Waals surface area contributed by atoms with Crippen LogP contribution in [0.1, 0.15) is 59.7 Å². The number of hydrogen-bond acceptors (Lipinski definition) is 4. The molecule has 1 fully saturated rings. The summed E-state index contributed by atoms with van der Waals surface area (Å²) in [5.41, 5.74) is -0.0251. The number of hydrogen-bond donors (Lipinski definition) is 1. The molecule has 21 heavy (non-hydrogen) atoms. The number of aromatic nitrogens is 2. The molecule has 0 bridgehead atoms. The van der Waals surface area contributed by atoms with Crippen LogP contribution in [0.4, 0.5) is 11.6 Å². The second-order valence-electron chi connectivity index (χ2n) is 7.10. The van der Waals surface area contributed by atoms with E-state index in [0.29, 0.717) is 0 Å². The van der Waals surface area contributed by atoms with E-state index < -0.39 is 0 Å². The van der Waals surface area contributed by atoms with Gasteiger partial charge in [-0.15, -0.1) is 0 Å². The smallest absolute Gasteiger partial charge is 0.138 e. The summed E-state index contributed by atoms with van der Waals surface area (Å²) in [6.07, 6.45) is 3.89. The molecule has 1 unspecified atom stereocenters. The van der Waals surface area contributed by atoms with Crippen molar-refractivity contribution in [3.63, 3.8) is 0 Å². The SMILES string of the molecule is CCCC1CCN(c2cc(NCC)nc(C(C)(C)C)n2)C1. The molecule has 0 radical (unpaired) electrons. The van der Waals surface area contributed by atoms with Crippen LogP contribution in [0.5, 0.6) is 0 Å². The average molecular weight is 290 g/mol. The van der Waals surface area contributed by atoms with E-state index in [1.54, 1.807) is 0 Å². The van der Waals surface area contributed by atoms with Crippen LogP contribution in [0.25, 0.3) is 0 Å². The molecule has 1 saturated heterocycles. The number of nitrogens with zero attached hydrogens (tertiary/aromatic N) is 3. The number of rotatable bonds is 5. The quantitative estimate of drug-likeness (QED) is 0.894. The molecule has 4 heteroatoms. The molecule has 2 rings (SSSR count). The van der Waals surface area contributed by atoms with E-state index in [9.17, 15) is 0 Å². The molecule has 1 aliphatic heterocycles. The van der Waals surface area contributed by atoms with E-state index >= 15 is 0 Å². The van der Waals surface area contributed by atoms with Crippen molar-refractivity contribution >= 4 is 11.6 Å². The fraction of sp³-hybridized carbons (Fsp3) is 0.765. The maximum atomic E-state index is 4.84. The molecule has 1 aromatic heterocycles. The van der Waals surface area contributed by atoms with Crippen LogP contribution in [0.15, 0.2) is 6.07 Å². The fourth-order valence-corrected chi connectivity index (χ4v) is 2.89. The Balaban J connectivity index is 2.24. The Morgan fingerprint density at radius 3 is 2.67 bits per heavy atom. The molecule has 0 spiro atoms. The van der Waals surface area contributed by atoms with Gasteiger partial charge < -0.3 is 10.2 Å². The molecule has 118 valence electrons. The van der Waals surface area contributed by atoms with Crippen LogP contribution < -0.4 is 10.2 Å². The summed E-state index contributed by atoms with van der Waals surface area (Å²) in [6.45, 7) is 14.0. The molecule has 4 nitrogen and oxygen atoms in total. The van der Waals surface area contributed by atoms with Gasteiger partial charge in [0.2, 0.25) is 0 Å². The Morgan fingerprint density at radius 1 is 1.29 bits per heavy atom. The molecule has 1 aliphatic rings. The fourth-order valence-electron chi connectivity index (χ4n) is 2.89. The lowest BCUT2D eigenvalue weighted by atomic mass is 9.96. The highest BCUT2D eigenvalue weighted by atomic mass is 15.2. The highest BCUT2D eigenvalue weighted by Gasteiger charge is 2.25. The van der Waals surface area contributed by atoms with E-state index in [-0.39, 0.29) is 5.41 Å². The van der Waals surface area contributed by atoms with Gasteiger partial charge in [0.05, 0.1) is 0 Å². The van der Waals surface area contributed by atoms with Gasteiger partial charge in [-0.25, -0.2) is 9.97 Å². The van der Waals surface area contributed by atoms with E-state index in [1.165, 1.54) is 19.3 Å². The van der Waals surface area contributed by atoms with E-state index in [0.717, 1.165) is 43.0 Å². The molecule has 0 aromatic carbocycles. The van der Waals surface area contributed by atoms with Crippen LogP contribution in [-0.2, 0) is 5.41 Å². The highest BCUT2D eigenvalue weighted by molar-refractivity contribution is 5.50. The topological polar surface area (TPSA) is 41.0 Å². The van der Waals surface area contributed by atoms with Gasteiger partial charge in [0.1, 0.15) is 17.5 Å². The van der Waals surface area contributed by atoms with E-state index in [2.05, 4.69) is 55.9 Å². The van der Waals surface area contributed by atoms with Crippen molar-refractivity contribution in [2.75, 3.05) is 29.9 Å². The summed E-state index contributed by atoms with van der Waals surface area (Å²) >= 11 is 0. The van der Waals surface area contributed by atoms with Crippen molar-refractivity contribution in [3.05, 3.63) is 11.9 Å². The number of nitrogens with one attached hydrogen (secondary N) is 1. The van der Waals surface area contributed by atoms with Gasteiger partial charge in [-0.2, -0.15) is 0 Å². The Kier molecular flexibility index (Phi) is 5.07. The predicted octanol–water partition coefficient (Wildman–Crippen LogP) is 3.83. The van der Waals surface area contributed by atoms with Crippen LogP contribution in [0, 0.1) is 5.92 Å². The summed E-state index contributed by atoms with van der Waals surface area (Å²) in [5.74, 6) is 3.79. The van der Waals surface area contributed by atoms with Crippen molar-refractivity contribution in [1.29, 1.82) is 0 Å². The van der Waals surface area contributed by atoms with Crippen molar-refractivity contribution in [2.24, 2.45) is 5.92 Å². The minimum atomic E-state index is -0.0251. The molecule has 0 saturated carbocycles. The van der Waals surface area contributed by atoms with Crippen LogP contribution >= 0.6 is 0 Å². The molecular formula is C17H30N4. The largest absolute Gasteiger partial charge is 0.370 e. The van der Waals surface area contributed by atoms with Crippen molar-refractivity contribution < 1.29 is 0 Å². The summed E-state index contributed by atoms with van der Waals surface area (Å²) in [4.78, 5) is 11.9. The Hall–Kier alpha value is -1.32. The molecule has 1 aromatic rings. The van der Waals surface area contributed by atoms with Crippen LogP contribution in [0.3, 0.4) is 0 Å². The third-order valence-corrected chi connectivity index (χ3v) is 4.05. The summed E-state index contributed by atoms with van der Waals surface area (Å²) in [5, 5.41) is 3.34. The Labute approximate surface area is 129 Å². The van der Waals surface area contributed by atoms with Gasteiger partial charge in [0.15, 0.2) is 0 Å². The highest BCUT2D eigenvalue weighted by Crippen LogP contribution is 2.29. The van der Waals surface area contributed by atoms with Gasteiger partial charge in [-0.05, 0) is 25.7 Å². The first-order valence-corrected chi connectivity index (χ1v) is 8.32. The zero-order chi connectivity index (χ0) is 15.5. The first kappa shape index (κ1) is 16.1. The van der Waals surface area contributed by atoms with E-state index in [1.807, 2.05) is 0 Å². The lowest BCUT2D eigenvalue weighted by molar-refractivity contribution is 0.528. The normalized spacial score (nSPS) is 19.1. The molecule has 2 heterocycles. The van der Waals surface area contributed by atoms with Gasteiger partial charge >= 0.3 is 0 Å². The third-order valence-electron chi connectivity index (χ3n) is 4.05. The third kappa shape index (κ3) is 4.08. The first-order valence-electron chi connectivity index (χ1n) is 8.32. The average Bonchev–Trinajstić information content (AvgIpc) is 2.87. The van der Waals surface area contributed by atoms with Gasteiger partial charge in [0.25, 0.3) is 0 Å². The summed E-state index contributed by atoms with van der Waals surface area (Å²) in [7, 11) is 0. The zero-order valence-corrected chi connectivity index (χ0v) is 14.2. The molecule has 1 N–H and O–H groups in total. The van der Waals surface area contributed by atoms with Crippen LogP contribution in [-0.4, -0.2) is 29.6 Å². The number of anilines is 2. The first-order chi connectivity index (χ1) is 9.94. The molecule has 1 atom stereocenters. The Bertz CT molecular complexity index is 464. The van der Waals surface area contributed by atoms with Gasteiger partial charge in [-0.3, -0.25) is 0 Å². The maximum Gasteiger partial charge on any atom is 0.138 e.